The van der Waals surface area contributed by atoms with Crippen LogP contribution in [0.15, 0.2) is 72.8 Å². The fourth-order valence-corrected chi connectivity index (χ4v) is 4.34. The number of ether oxygens (including phenoxy) is 2. The fourth-order valence-electron chi connectivity index (χ4n) is 4.34. The highest BCUT2D eigenvalue weighted by Gasteiger charge is 2.34. The van der Waals surface area contributed by atoms with Crippen LogP contribution in [0, 0.1) is 0 Å². The predicted octanol–water partition coefficient (Wildman–Crippen LogP) is 4.76. The van der Waals surface area contributed by atoms with Gasteiger partial charge in [-0.3, -0.25) is 10.1 Å². The van der Waals surface area contributed by atoms with Gasteiger partial charge in [0.05, 0.1) is 24.6 Å². The first-order chi connectivity index (χ1) is 17.6. The van der Waals surface area contributed by atoms with E-state index in [1.807, 2.05) is 60.7 Å². The molecule has 1 saturated heterocycles. The van der Waals surface area contributed by atoms with E-state index in [2.05, 4.69) is 15.5 Å². The van der Waals surface area contributed by atoms with Crippen LogP contribution in [0.3, 0.4) is 0 Å². The van der Waals surface area contributed by atoms with Gasteiger partial charge in [0, 0.05) is 36.3 Å². The van der Waals surface area contributed by atoms with Crippen molar-refractivity contribution in [2.75, 3.05) is 41.8 Å². The number of nitrogens with one attached hydrogen (secondary N) is 2. The molecule has 0 radical (unpaired) electrons. The number of rotatable bonds is 7. The molecular formula is C28H31ClN4O4. The zero-order valence-corrected chi connectivity index (χ0v) is 21.2. The average Bonchev–Trinajstić information content (AvgIpc) is 3.65. The summed E-state index contributed by atoms with van der Waals surface area (Å²) < 4.78 is 10.9. The van der Waals surface area contributed by atoms with Gasteiger partial charge in [0.25, 0.3) is 5.91 Å². The van der Waals surface area contributed by atoms with E-state index < -0.39 is 6.09 Å². The topological polar surface area (TPSA) is 106 Å². The van der Waals surface area contributed by atoms with Gasteiger partial charge in [0.15, 0.2) is 0 Å². The van der Waals surface area contributed by atoms with Gasteiger partial charge < -0.3 is 25.4 Å². The molecule has 2 atom stereocenters. The predicted molar refractivity (Wildman–Crippen MR) is 147 cm³/mol. The second kappa shape index (κ2) is 12.1. The molecule has 0 spiro atoms. The van der Waals surface area contributed by atoms with Gasteiger partial charge in [-0.15, -0.1) is 12.4 Å². The lowest BCUT2D eigenvalue weighted by Crippen LogP contribution is -2.37. The Morgan fingerprint density at radius 1 is 0.973 bits per heavy atom. The second-order valence-corrected chi connectivity index (χ2v) is 9.10. The summed E-state index contributed by atoms with van der Waals surface area (Å²) in [6.45, 7) is 2.73. The number of halogens is 1. The van der Waals surface area contributed by atoms with E-state index in [1.54, 1.807) is 12.1 Å². The van der Waals surface area contributed by atoms with Crippen LogP contribution in [0.1, 0.15) is 33.8 Å². The molecule has 2 fully saturated rings. The Balaban J connectivity index is 0.00000320. The largest absolute Gasteiger partial charge is 0.444 e. The molecule has 2 aliphatic rings. The molecule has 9 heteroatoms. The van der Waals surface area contributed by atoms with E-state index in [1.165, 1.54) is 5.56 Å². The summed E-state index contributed by atoms with van der Waals surface area (Å²) in [6, 6.07) is 22.8. The van der Waals surface area contributed by atoms with Crippen molar-refractivity contribution in [2.45, 2.75) is 25.0 Å². The maximum absolute atomic E-state index is 13.0. The minimum atomic E-state index is -0.584. The lowest BCUT2D eigenvalue weighted by Gasteiger charge is -2.30. The standard InChI is InChI=1S/C28H30N4O4.ClH/c29-24-17-23(24)20-6-9-22(10-7-20)30-27(33)21-8-11-26(32-12-14-35-15-13-32)25(16-21)31-28(34)36-18-19-4-2-1-3-5-19;/h1-11,16,23-24H,12-15,17-18,29H2,(H,30,33)(H,31,34);1H. The molecule has 1 aliphatic heterocycles. The summed E-state index contributed by atoms with van der Waals surface area (Å²) in [6.07, 6.45) is 0.421. The zero-order valence-electron chi connectivity index (χ0n) is 20.4. The third-order valence-electron chi connectivity index (χ3n) is 6.50. The van der Waals surface area contributed by atoms with E-state index >= 15 is 0 Å². The average molecular weight is 523 g/mol. The lowest BCUT2D eigenvalue weighted by molar-refractivity contribution is 0.102. The maximum atomic E-state index is 13.0. The molecule has 8 nitrogen and oxygen atoms in total. The van der Waals surface area contributed by atoms with Crippen molar-refractivity contribution >= 4 is 41.5 Å². The third kappa shape index (κ3) is 6.80. The summed E-state index contributed by atoms with van der Waals surface area (Å²) in [5, 5.41) is 5.77. The number of carbonyl (C=O) groups excluding carboxylic acids is 2. The van der Waals surface area contributed by atoms with Crippen molar-refractivity contribution in [1.82, 2.24) is 0 Å². The monoisotopic (exact) mass is 522 g/mol. The first-order valence-corrected chi connectivity index (χ1v) is 12.2. The number of anilines is 3. The van der Waals surface area contributed by atoms with E-state index in [0.717, 1.165) is 17.7 Å². The first kappa shape index (κ1) is 26.5. The quantitative estimate of drug-likeness (QED) is 0.413. The molecule has 4 N–H and O–H groups in total. The van der Waals surface area contributed by atoms with E-state index in [0.29, 0.717) is 49.2 Å². The van der Waals surface area contributed by atoms with Crippen molar-refractivity contribution in [2.24, 2.45) is 5.73 Å². The van der Waals surface area contributed by atoms with Gasteiger partial charge >= 0.3 is 6.09 Å². The normalized spacial score (nSPS) is 18.4. The molecule has 2 unspecified atom stereocenters. The minimum absolute atomic E-state index is 0. The van der Waals surface area contributed by atoms with Gasteiger partial charge in [-0.25, -0.2) is 4.79 Å². The second-order valence-electron chi connectivity index (χ2n) is 9.10. The minimum Gasteiger partial charge on any atom is -0.444 e. The Labute approximate surface area is 222 Å². The third-order valence-corrected chi connectivity index (χ3v) is 6.50. The van der Waals surface area contributed by atoms with Gasteiger partial charge in [0.2, 0.25) is 0 Å². The summed E-state index contributed by atoms with van der Waals surface area (Å²) in [7, 11) is 0. The SMILES string of the molecule is Cl.NC1CC1c1ccc(NC(=O)c2ccc(N3CCOCC3)c(NC(=O)OCc3ccccc3)c2)cc1. The van der Waals surface area contributed by atoms with Crippen molar-refractivity contribution < 1.29 is 19.1 Å². The maximum Gasteiger partial charge on any atom is 0.412 e. The smallest absolute Gasteiger partial charge is 0.412 e. The molecule has 2 amide bonds. The lowest BCUT2D eigenvalue weighted by atomic mass is 10.1. The summed E-state index contributed by atoms with van der Waals surface area (Å²) in [4.78, 5) is 27.8. The van der Waals surface area contributed by atoms with Crippen LogP contribution in [0.5, 0.6) is 0 Å². The molecule has 37 heavy (non-hydrogen) atoms. The number of nitrogens with zero attached hydrogens (tertiary/aromatic N) is 1. The number of amides is 2. The summed E-state index contributed by atoms with van der Waals surface area (Å²) in [5.74, 6) is 0.151. The number of nitrogens with two attached hydrogens (primary N) is 1. The Morgan fingerprint density at radius 2 is 1.68 bits per heavy atom. The van der Waals surface area contributed by atoms with Gasteiger partial charge in [-0.05, 0) is 47.9 Å². The van der Waals surface area contributed by atoms with Crippen LogP contribution < -0.4 is 21.3 Å². The van der Waals surface area contributed by atoms with Crippen LogP contribution in [0.25, 0.3) is 0 Å². The van der Waals surface area contributed by atoms with Gasteiger partial charge in [0.1, 0.15) is 6.61 Å². The molecular weight excluding hydrogens is 492 g/mol. The number of morpholine rings is 1. The van der Waals surface area contributed by atoms with Crippen LogP contribution in [0.2, 0.25) is 0 Å². The Morgan fingerprint density at radius 3 is 2.35 bits per heavy atom. The molecule has 0 aromatic heterocycles. The van der Waals surface area contributed by atoms with Crippen molar-refractivity contribution in [3.63, 3.8) is 0 Å². The summed E-state index contributed by atoms with van der Waals surface area (Å²) >= 11 is 0. The number of benzene rings is 3. The number of hydrogen-bond acceptors (Lipinski definition) is 6. The Kier molecular flexibility index (Phi) is 8.66. The molecule has 1 saturated carbocycles. The molecule has 1 aliphatic carbocycles. The van der Waals surface area contributed by atoms with Crippen molar-refractivity contribution in [3.8, 4) is 0 Å². The number of hydrogen-bond donors (Lipinski definition) is 3. The zero-order chi connectivity index (χ0) is 24.9. The molecule has 1 heterocycles. The van der Waals surface area contributed by atoms with Crippen LogP contribution in [0.4, 0.5) is 21.9 Å². The van der Waals surface area contributed by atoms with E-state index in [-0.39, 0.29) is 31.0 Å². The molecule has 5 rings (SSSR count). The molecule has 194 valence electrons. The molecule has 0 bridgehead atoms. The van der Waals surface area contributed by atoms with Crippen LogP contribution in [-0.4, -0.2) is 44.3 Å². The van der Waals surface area contributed by atoms with Crippen molar-refractivity contribution in [1.29, 1.82) is 0 Å². The highest BCUT2D eigenvalue weighted by atomic mass is 35.5. The van der Waals surface area contributed by atoms with E-state index in [9.17, 15) is 9.59 Å². The fraction of sp³-hybridized carbons (Fsp3) is 0.286. The first-order valence-electron chi connectivity index (χ1n) is 12.2. The van der Waals surface area contributed by atoms with Crippen LogP contribution in [-0.2, 0) is 16.1 Å². The Hall–Kier alpha value is -3.59. The van der Waals surface area contributed by atoms with E-state index in [4.69, 9.17) is 15.2 Å². The Bertz CT molecular complexity index is 1220. The van der Waals surface area contributed by atoms with Gasteiger partial charge in [-0.1, -0.05) is 42.5 Å². The highest BCUT2D eigenvalue weighted by Crippen LogP contribution is 2.39. The molecule has 3 aromatic carbocycles. The molecule has 3 aromatic rings. The van der Waals surface area contributed by atoms with Crippen molar-refractivity contribution in [3.05, 3.63) is 89.5 Å². The van der Waals surface area contributed by atoms with Crippen LogP contribution >= 0.6 is 12.4 Å². The summed E-state index contributed by atoms with van der Waals surface area (Å²) in [5.41, 5.74) is 10.5. The van der Waals surface area contributed by atoms with Gasteiger partial charge in [-0.2, -0.15) is 0 Å². The highest BCUT2D eigenvalue weighted by molar-refractivity contribution is 6.06. The number of carbonyl (C=O) groups is 2.